The van der Waals surface area contributed by atoms with Crippen LogP contribution in [-0.2, 0) is 11.3 Å². The van der Waals surface area contributed by atoms with E-state index in [9.17, 15) is 4.79 Å². The van der Waals surface area contributed by atoms with Crippen molar-refractivity contribution in [2.45, 2.75) is 25.8 Å². The number of nitrogens with zero attached hydrogens (tertiary/aromatic N) is 1. The predicted molar refractivity (Wildman–Crippen MR) is 73.4 cm³/mol. The Labute approximate surface area is 108 Å². The lowest BCUT2D eigenvalue weighted by Crippen LogP contribution is -2.24. The van der Waals surface area contributed by atoms with Crippen molar-refractivity contribution in [2.24, 2.45) is 5.73 Å². The highest BCUT2D eigenvalue weighted by Gasteiger charge is 2.14. The van der Waals surface area contributed by atoms with Crippen LogP contribution >= 0.6 is 0 Å². The van der Waals surface area contributed by atoms with E-state index in [1.54, 1.807) is 0 Å². The number of nitrogens with two attached hydrogens (primary N) is 1. The van der Waals surface area contributed by atoms with E-state index in [1.807, 2.05) is 0 Å². The van der Waals surface area contributed by atoms with Crippen LogP contribution in [0, 0.1) is 0 Å². The number of primary amides is 1. The third-order valence-electron chi connectivity index (χ3n) is 3.30. The Kier molecular flexibility index (Phi) is 4.59. The lowest BCUT2D eigenvalue weighted by molar-refractivity contribution is -0.117. The molecule has 0 spiro atoms. The zero-order valence-electron chi connectivity index (χ0n) is 10.7. The van der Waals surface area contributed by atoms with Crippen LogP contribution in [-0.4, -0.2) is 25.5 Å². The molecule has 0 bridgehead atoms. The third-order valence-corrected chi connectivity index (χ3v) is 3.30. The second-order valence-electron chi connectivity index (χ2n) is 4.72. The summed E-state index contributed by atoms with van der Waals surface area (Å²) in [6.45, 7) is 3.74. The number of amides is 1. The highest BCUT2D eigenvalue weighted by Crippen LogP contribution is 2.24. The van der Waals surface area contributed by atoms with E-state index in [0.29, 0.717) is 13.0 Å². The molecule has 1 aromatic rings. The largest absolute Gasteiger partial charge is 0.371 e. The topological polar surface area (TPSA) is 58.4 Å². The van der Waals surface area contributed by atoms with Gasteiger partial charge in [-0.15, -0.1) is 0 Å². The van der Waals surface area contributed by atoms with Gasteiger partial charge in [0.2, 0.25) is 5.91 Å². The lowest BCUT2D eigenvalue weighted by Gasteiger charge is -2.21. The van der Waals surface area contributed by atoms with Gasteiger partial charge in [-0.3, -0.25) is 4.79 Å². The predicted octanol–water partition coefficient (Wildman–Crippen LogP) is 1.25. The first kappa shape index (κ1) is 12.9. The summed E-state index contributed by atoms with van der Waals surface area (Å²) >= 11 is 0. The van der Waals surface area contributed by atoms with Crippen LogP contribution < -0.4 is 16.0 Å². The Hall–Kier alpha value is -1.55. The van der Waals surface area contributed by atoms with Gasteiger partial charge in [0.05, 0.1) is 0 Å². The van der Waals surface area contributed by atoms with Crippen molar-refractivity contribution in [1.82, 2.24) is 5.32 Å². The van der Waals surface area contributed by atoms with Gasteiger partial charge < -0.3 is 16.0 Å². The molecule has 1 saturated heterocycles. The van der Waals surface area contributed by atoms with E-state index in [2.05, 4.69) is 34.5 Å². The van der Waals surface area contributed by atoms with E-state index in [-0.39, 0.29) is 5.91 Å². The molecule has 4 nitrogen and oxygen atoms in total. The number of rotatable bonds is 6. The number of carbonyl (C=O) groups is 1. The molecule has 1 aliphatic rings. The molecule has 1 aliphatic heterocycles. The van der Waals surface area contributed by atoms with Gasteiger partial charge in [0.25, 0.3) is 0 Å². The van der Waals surface area contributed by atoms with E-state index >= 15 is 0 Å². The smallest absolute Gasteiger partial charge is 0.218 e. The minimum Gasteiger partial charge on any atom is -0.371 e. The maximum atomic E-state index is 10.7. The van der Waals surface area contributed by atoms with Crippen molar-refractivity contribution >= 4 is 11.6 Å². The summed E-state index contributed by atoms with van der Waals surface area (Å²) in [7, 11) is 0. The van der Waals surface area contributed by atoms with Crippen LogP contribution in [0.4, 0.5) is 5.69 Å². The van der Waals surface area contributed by atoms with Crippen molar-refractivity contribution in [2.75, 3.05) is 24.5 Å². The molecule has 1 aromatic carbocycles. The van der Waals surface area contributed by atoms with E-state index in [1.165, 1.54) is 24.1 Å². The highest BCUT2D eigenvalue weighted by molar-refractivity contribution is 5.73. The second-order valence-corrected chi connectivity index (χ2v) is 4.72. The first-order chi connectivity index (χ1) is 8.77. The summed E-state index contributed by atoms with van der Waals surface area (Å²) in [5, 5.41) is 3.27. The van der Waals surface area contributed by atoms with Gasteiger partial charge >= 0.3 is 0 Å². The Bertz CT molecular complexity index is 400. The van der Waals surface area contributed by atoms with Crippen LogP contribution in [0.15, 0.2) is 24.3 Å². The maximum absolute atomic E-state index is 10.7. The third kappa shape index (κ3) is 3.47. The molecule has 2 rings (SSSR count). The number of anilines is 1. The molecule has 0 radical (unpaired) electrons. The molecular weight excluding hydrogens is 226 g/mol. The fourth-order valence-electron chi connectivity index (χ4n) is 2.36. The zero-order chi connectivity index (χ0) is 12.8. The first-order valence-corrected chi connectivity index (χ1v) is 6.59. The molecule has 98 valence electrons. The standard InChI is InChI=1S/C14H21N3O/c15-14(18)7-8-16-11-12-5-1-2-6-13(12)17-9-3-4-10-17/h1-2,5-6,16H,3-4,7-11H2,(H2,15,18). The molecular formula is C14H21N3O. The number of hydrogen-bond acceptors (Lipinski definition) is 3. The first-order valence-electron chi connectivity index (χ1n) is 6.59. The Balaban J connectivity index is 1.92. The number of nitrogens with one attached hydrogen (secondary N) is 1. The van der Waals surface area contributed by atoms with Gasteiger partial charge in [0.15, 0.2) is 0 Å². The second kappa shape index (κ2) is 6.40. The number of benzene rings is 1. The van der Waals surface area contributed by atoms with E-state index in [4.69, 9.17) is 5.73 Å². The summed E-state index contributed by atoms with van der Waals surface area (Å²) < 4.78 is 0. The fourth-order valence-corrected chi connectivity index (χ4v) is 2.36. The molecule has 0 aliphatic carbocycles. The monoisotopic (exact) mass is 247 g/mol. The minimum atomic E-state index is -0.254. The Morgan fingerprint density at radius 1 is 1.28 bits per heavy atom. The molecule has 0 aromatic heterocycles. The van der Waals surface area contributed by atoms with Gasteiger partial charge in [-0.05, 0) is 24.5 Å². The van der Waals surface area contributed by atoms with E-state index in [0.717, 1.165) is 19.6 Å². The van der Waals surface area contributed by atoms with Gasteiger partial charge in [0.1, 0.15) is 0 Å². The summed E-state index contributed by atoms with van der Waals surface area (Å²) in [6.07, 6.45) is 2.96. The van der Waals surface area contributed by atoms with Crippen LogP contribution in [0.1, 0.15) is 24.8 Å². The molecule has 0 saturated carbocycles. The van der Waals surface area contributed by atoms with Crippen molar-refractivity contribution in [3.8, 4) is 0 Å². The number of hydrogen-bond donors (Lipinski definition) is 2. The lowest BCUT2D eigenvalue weighted by atomic mass is 10.1. The molecule has 1 fully saturated rings. The molecule has 1 heterocycles. The summed E-state index contributed by atoms with van der Waals surface area (Å²) in [4.78, 5) is 13.1. The van der Waals surface area contributed by atoms with Gasteiger partial charge in [-0.25, -0.2) is 0 Å². The molecule has 18 heavy (non-hydrogen) atoms. The van der Waals surface area contributed by atoms with Gasteiger partial charge in [-0.2, -0.15) is 0 Å². The van der Waals surface area contributed by atoms with Crippen molar-refractivity contribution < 1.29 is 4.79 Å². The summed E-state index contributed by atoms with van der Waals surface area (Å²) in [5.41, 5.74) is 7.73. The Morgan fingerprint density at radius 3 is 2.72 bits per heavy atom. The summed E-state index contributed by atoms with van der Waals surface area (Å²) in [6, 6.07) is 8.46. The highest BCUT2D eigenvalue weighted by atomic mass is 16.1. The summed E-state index contributed by atoms with van der Waals surface area (Å²) in [5.74, 6) is -0.254. The fraction of sp³-hybridized carbons (Fsp3) is 0.500. The molecule has 3 N–H and O–H groups in total. The number of carbonyl (C=O) groups excluding carboxylic acids is 1. The van der Waals surface area contributed by atoms with Crippen molar-refractivity contribution in [1.29, 1.82) is 0 Å². The van der Waals surface area contributed by atoms with E-state index < -0.39 is 0 Å². The van der Waals surface area contributed by atoms with Crippen molar-refractivity contribution in [3.05, 3.63) is 29.8 Å². The van der Waals surface area contributed by atoms with Gasteiger partial charge in [-0.1, -0.05) is 18.2 Å². The quantitative estimate of drug-likeness (QED) is 0.744. The van der Waals surface area contributed by atoms with Crippen molar-refractivity contribution in [3.63, 3.8) is 0 Å². The number of para-hydroxylation sites is 1. The van der Waals surface area contributed by atoms with Gasteiger partial charge in [0, 0.05) is 38.3 Å². The van der Waals surface area contributed by atoms with Crippen LogP contribution in [0.25, 0.3) is 0 Å². The normalized spacial score (nSPS) is 15.0. The van der Waals surface area contributed by atoms with Crippen LogP contribution in [0.3, 0.4) is 0 Å². The SMILES string of the molecule is NC(=O)CCNCc1ccccc1N1CCCC1. The van der Waals surface area contributed by atoms with Crippen LogP contribution in [0.2, 0.25) is 0 Å². The molecule has 0 atom stereocenters. The average molecular weight is 247 g/mol. The molecule has 1 amide bonds. The van der Waals surface area contributed by atoms with Crippen LogP contribution in [0.5, 0.6) is 0 Å². The maximum Gasteiger partial charge on any atom is 0.218 e. The average Bonchev–Trinajstić information content (AvgIpc) is 2.88. The molecule has 4 heteroatoms. The molecule has 0 unspecified atom stereocenters. The minimum absolute atomic E-state index is 0.254. The Morgan fingerprint density at radius 2 is 2.00 bits per heavy atom. The zero-order valence-corrected chi connectivity index (χ0v) is 10.7.